The molecule has 1 saturated carbocycles. The summed E-state index contributed by atoms with van der Waals surface area (Å²) in [6, 6.07) is 16.3. The number of nitrogens with zero attached hydrogens (tertiary/aromatic N) is 1. The molecule has 0 bridgehead atoms. The van der Waals surface area contributed by atoms with Crippen LogP contribution >= 0.6 is 0 Å². The van der Waals surface area contributed by atoms with Gasteiger partial charge in [0.2, 0.25) is 0 Å². The molecule has 4 rings (SSSR count). The van der Waals surface area contributed by atoms with Crippen LogP contribution in [0.1, 0.15) is 34.9 Å². The van der Waals surface area contributed by atoms with Gasteiger partial charge in [-0.3, -0.25) is 9.89 Å². The SMILES string of the molecule is COc1ccc([C@H](NC(=O)c2cc(-c3ccccc3O)n[nH]2)C2CC2)cc1. The Balaban J connectivity index is 1.53. The van der Waals surface area contributed by atoms with Crippen molar-refractivity contribution in [2.45, 2.75) is 18.9 Å². The van der Waals surface area contributed by atoms with Gasteiger partial charge < -0.3 is 15.2 Å². The average Bonchev–Trinajstić information content (AvgIpc) is 3.42. The van der Waals surface area contributed by atoms with E-state index < -0.39 is 0 Å². The molecule has 138 valence electrons. The van der Waals surface area contributed by atoms with E-state index in [1.165, 1.54) is 0 Å². The van der Waals surface area contributed by atoms with Gasteiger partial charge >= 0.3 is 0 Å². The maximum atomic E-state index is 12.7. The van der Waals surface area contributed by atoms with Crippen LogP contribution in [-0.4, -0.2) is 28.3 Å². The monoisotopic (exact) mass is 363 g/mol. The van der Waals surface area contributed by atoms with Gasteiger partial charge in [0, 0.05) is 5.56 Å². The van der Waals surface area contributed by atoms with Crippen molar-refractivity contribution in [1.29, 1.82) is 0 Å². The Bertz CT molecular complexity index is 945. The molecule has 6 nitrogen and oxygen atoms in total. The molecule has 1 heterocycles. The summed E-state index contributed by atoms with van der Waals surface area (Å²) in [5.41, 5.74) is 2.55. The first-order valence-electron chi connectivity index (χ1n) is 8.94. The highest BCUT2D eigenvalue weighted by molar-refractivity contribution is 5.93. The topological polar surface area (TPSA) is 87.2 Å². The number of aromatic nitrogens is 2. The van der Waals surface area contributed by atoms with Crippen molar-refractivity contribution in [2.24, 2.45) is 5.92 Å². The molecular formula is C21H21N3O3. The van der Waals surface area contributed by atoms with Gasteiger partial charge in [-0.05, 0) is 54.7 Å². The number of nitrogens with one attached hydrogen (secondary N) is 2. The van der Waals surface area contributed by atoms with Gasteiger partial charge in [0.15, 0.2) is 0 Å². The highest BCUT2D eigenvalue weighted by Crippen LogP contribution is 2.41. The van der Waals surface area contributed by atoms with Gasteiger partial charge in [0.25, 0.3) is 5.91 Å². The molecule has 1 fully saturated rings. The molecule has 1 atom stereocenters. The first-order valence-corrected chi connectivity index (χ1v) is 8.94. The first-order chi connectivity index (χ1) is 13.2. The number of ether oxygens (including phenoxy) is 1. The summed E-state index contributed by atoms with van der Waals surface area (Å²) in [4.78, 5) is 12.7. The minimum atomic E-state index is -0.211. The Morgan fingerprint density at radius 3 is 2.63 bits per heavy atom. The number of hydrogen-bond acceptors (Lipinski definition) is 4. The van der Waals surface area contributed by atoms with Crippen LogP contribution in [0.5, 0.6) is 11.5 Å². The van der Waals surface area contributed by atoms with Crippen molar-refractivity contribution in [3.63, 3.8) is 0 Å². The van der Waals surface area contributed by atoms with Crippen LogP contribution in [0, 0.1) is 5.92 Å². The van der Waals surface area contributed by atoms with Gasteiger partial charge in [0.1, 0.15) is 17.2 Å². The third-order valence-corrected chi connectivity index (χ3v) is 4.86. The Hall–Kier alpha value is -3.28. The second kappa shape index (κ2) is 7.15. The van der Waals surface area contributed by atoms with Crippen LogP contribution in [0.25, 0.3) is 11.3 Å². The normalized spacial score (nSPS) is 14.6. The lowest BCUT2D eigenvalue weighted by Crippen LogP contribution is -2.30. The van der Waals surface area contributed by atoms with E-state index in [0.717, 1.165) is 24.2 Å². The van der Waals surface area contributed by atoms with Crippen LogP contribution < -0.4 is 10.1 Å². The summed E-state index contributed by atoms with van der Waals surface area (Å²) >= 11 is 0. The fraction of sp³-hybridized carbons (Fsp3) is 0.238. The number of phenolic OH excluding ortho intramolecular Hbond substituents is 1. The third kappa shape index (κ3) is 3.65. The first kappa shape index (κ1) is 17.1. The molecule has 2 aromatic carbocycles. The number of amides is 1. The van der Waals surface area contributed by atoms with Crippen LogP contribution in [0.3, 0.4) is 0 Å². The smallest absolute Gasteiger partial charge is 0.269 e. The highest BCUT2D eigenvalue weighted by Gasteiger charge is 2.34. The van der Waals surface area contributed by atoms with Crippen molar-refractivity contribution in [2.75, 3.05) is 7.11 Å². The maximum absolute atomic E-state index is 12.7. The number of aromatic hydroxyl groups is 1. The van der Waals surface area contributed by atoms with Crippen molar-refractivity contribution in [1.82, 2.24) is 15.5 Å². The molecule has 6 heteroatoms. The van der Waals surface area contributed by atoms with E-state index in [9.17, 15) is 9.90 Å². The molecule has 1 aliphatic rings. The lowest BCUT2D eigenvalue weighted by atomic mass is 10.0. The molecule has 3 N–H and O–H groups in total. The standard InChI is InChI=1S/C21H21N3O3/c1-27-15-10-8-14(9-11-15)20(13-6-7-13)22-21(26)18-12-17(23-24-18)16-4-2-3-5-19(16)25/h2-5,8-13,20,25H,6-7H2,1H3,(H,22,26)(H,23,24)/t20-/m1/s1. The Morgan fingerprint density at radius 2 is 1.96 bits per heavy atom. The van der Waals surface area contributed by atoms with E-state index in [-0.39, 0.29) is 17.7 Å². The number of rotatable bonds is 6. The van der Waals surface area contributed by atoms with Gasteiger partial charge in [-0.2, -0.15) is 5.10 Å². The zero-order valence-corrected chi connectivity index (χ0v) is 15.0. The Kier molecular flexibility index (Phi) is 4.54. The predicted octanol–water partition coefficient (Wildman–Crippen LogP) is 3.67. The number of H-pyrrole nitrogens is 1. The number of carbonyl (C=O) groups is 1. The van der Waals surface area contributed by atoms with Crippen molar-refractivity contribution in [3.05, 3.63) is 65.9 Å². The fourth-order valence-corrected chi connectivity index (χ4v) is 3.20. The molecule has 1 amide bonds. The average molecular weight is 363 g/mol. The summed E-state index contributed by atoms with van der Waals surface area (Å²) < 4.78 is 5.21. The van der Waals surface area contributed by atoms with Crippen LogP contribution in [0.2, 0.25) is 0 Å². The van der Waals surface area contributed by atoms with Crippen molar-refractivity contribution in [3.8, 4) is 22.8 Å². The lowest BCUT2D eigenvalue weighted by Gasteiger charge is -2.18. The number of phenols is 1. The van der Waals surface area contributed by atoms with Crippen LogP contribution in [0.4, 0.5) is 0 Å². The summed E-state index contributed by atoms with van der Waals surface area (Å²) in [6.45, 7) is 0. The van der Waals surface area contributed by atoms with E-state index in [0.29, 0.717) is 22.9 Å². The Morgan fingerprint density at radius 1 is 1.22 bits per heavy atom. The van der Waals surface area contributed by atoms with E-state index in [2.05, 4.69) is 15.5 Å². The number of aromatic amines is 1. The number of methoxy groups -OCH3 is 1. The number of carbonyl (C=O) groups excluding carboxylic acids is 1. The summed E-state index contributed by atoms with van der Waals surface area (Å²) in [5, 5.41) is 20.0. The summed E-state index contributed by atoms with van der Waals surface area (Å²) in [5.74, 6) is 1.16. The molecule has 27 heavy (non-hydrogen) atoms. The van der Waals surface area contributed by atoms with Crippen LogP contribution in [0.15, 0.2) is 54.6 Å². The molecular weight excluding hydrogens is 342 g/mol. The summed E-state index contributed by atoms with van der Waals surface area (Å²) in [6.07, 6.45) is 2.20. The van der Waals surface area contributed by atoms with E-state index in [1.807, 2.05) is 30.3 Å². The van der Waals surface area contributed by atoms with E-state index >= 15 is 0 Å². The minimum Gasteiger partial charge on any atom is -0.507 e. The quantitative estimate of drug-likeness (QED) is 0.623. The molecule has 0 spiro atoms. The van der Waals surface area contributed by atoms with Crippen LogP contribution in [-0.2, 0) is 0 Å². The molecule has 3 aromatic rings. The van der Waals surface area contributed by atoms with Gasteiger partial charge in [-0.25, -0.2) is 0 Å². The van der Waals surface area contributed by atoms with Crippen molar-refractivity contribution >= 4 is 5.91 Å². The largest absolute Gasteiger partial charge is 0.507 e. The van der Waals surface area contributed by atoms with Crippen molar-refractivity contribution < 1.29 is 14.6 Å². The second-order valence-corrected chi connectivity index (χ2v) is 6.75. The van der Waals surface area contributed by atoms with Gasteiger partial charge in [-0.1, -0.05) is 24.3 Å². The highest BCUT2D eigenvalue weighted by atomic mass is 16.5. The zero-order chi connectivity index (χ0) is 18.8. The van der Waals surface area contributed by atoms with E-state index in [4.69, 9.17) is 4.74 Å². The van der Waals surface area contributed by atoms with Gasteiger partial charge in [-0.15, -0.1) is 0 Å². The molecule has 0 unspecified atom stereocenters. The number of para-hydroxylation sites is 1. The summed E-state index contributed by atoms with van der Waals surface area (Å²) in [7, 11) is 1.63. The predicted molar refractivity (Wildman–Crippen MR) is 102 cm³/mol. The second-order valence-electron chi connectivity index (χ2n) is 6.75. The molecule has 0 aliphatic heterocycles. The molecule has 0 saturated heterocycles. The maximum Gasteiger partial charge on any atom is 0.269 e. The molecule has 1 aromatic heterocycles. The minimum absolute atomic E-state index is 0.0414. The number of hydrogen-bond donors (Lipinski definition) is 3. The Labute approximate surface area is 157 Å². The van der Waals surface area contributed by atoms with Gasteiger partial charge in [0.05, 0.1) is 18.8 Å². The third-order valence-electron chi connectivity index (χ3n) is 4.86. The molecule has 0 radical (unpaired) electrons. The zero-order valence-electron chi connectivity index (χ0n) is 15.0. The number of benzene rings is 2. The molecule has 1 aliphatic carbocycles. The fourth-order valence-electron chi connectivity index (χ4n) is 3.20. The van der Waals surface area contributed by atoms with E-state index in [1.54, 1.807) is 31.4 Å². The lowest BCUT2D eigenvalue weighted by molar-refractivity contribution is 0.0926.